The lowest BCUT2D eigenvalue weighted by atomic mass is 10.1. The van der Waals surface area contributed by atoms with E-state index in [0.29, 0.717) is 18.3 Å². The number of hydrogen-bond donors (Lipinski definition) is 2. The van der Waals surface area contributed by atoms with Crippen LogP contribution in [0.15, 0.2) is 36.5 Å². The summed E-state index contributed by atoms with van der Waals surface area (Å²) in [5.74, 6) is -0.282. The Labute approximate surface area is 158 Å². The number of carbonyl (C=O) groups excluding carboxylic acids is 1. The van der Waals surface area contributed by atoms with E-state index >= 15 is 0 Å². The highest BCUT2D eigenvalue weighted by Gasteiger charge is 2.17. The van der Waals surface area contributed by atoms with Crippen LogP contribution in [0.2, 0.25) is 0 Å². The van der Waals surface area contributed by atoms with Crippen LogP contribution in [0.25, 0.3) is 5.69 Å². The van der Waals surface area contributed by atoms with E-state index in [2.05, 4.69) is 15.7 Å². The molecule has 1 aromatic heterocycles. The SMILES string of the molecule is O=C(NCCNC1CCCCCC1)c1ccn(-c2ccccc2[N+](=O)[O-])n1. The third-order valence-corrected chi connectivity index (χ3v) is 4.85. The van der Waals surface area contributed by atoms with Gasteiger partial charge in [-0.15, -0.1) is 0 Å². The van der Waals surface area contributed by atoms with E-state index in [0.717, 1.165) is 6.54 Å². The normalized spacial score (nSPS) is 15.3. The first kappa shape index (κ1) is 19.0. The Morgan fingerprint density at radius 3 is 2.63 bits per heavy atom. The molecule has 0 aliphatic heterocycles. The first-order valence-corrected chi connectivity index (χ1v) is 9.46. The minimum atomic E-state index is -0.462. The minimum absolute atomic E-state index is 0.0554. The number of nitrogens with zero attached hydrogens (tertiary/aromatic N) is 3. The van der Waals surface area contributed by atoms with Gasteiger partial charge in [0.1, 0.15) is 5.69 Å². The number of aromatic nitrogens is 2. The van der Waals surface area contributed by atoms with Gasteiger partial charge in [0.2, 0.25) is 0 Å². The van der Waals surface area contributed by atoms with Gasteiger partial charge in [-0.2, -0.15) is 5.10 Å². The average molecular weight is 371 g/mol. The Bertz CT molecular complexity index is 781. The van der Waals surface area contributed by atoms with Crippen molar-refractivity contribution >= 4 is 11.6 Å². The number of nitrogens with one attached hydrogen (secondary N) is 2. The average Bonchev–Trinajstić information content (AvgIpc) is 3.03. The third-order valence-electron chi connectivity index (χ3n) is 4.85. The predicted molar refractivity (Wildman–Crippen MR) is 102 cm³/mol. The van der Waals surface area contributed by atoms with Crippen molar-refractivity contribution in [2.75, 3.05) is 13.1 Å². The zero-order chi connectivity index (χ0) is 19.1. The summed E-state index contributed by atoms with van der Waals surface area (Å²) in [6.45, 7) is 1.24. The van der Waals surface area contributed by atoms with Crippen LogP contribution in [0.5, 0.6) is 0 Å². The molecule has 3 rings (SSSR count). The van der Waals surface area contributed by atoms with Crippen LogP contribution in [0.1, 0.15) is 49.0 Å². The molecule has 8 nitrogen and oxygen atoms in total. The molecule has 1 aromatic carbocycles. The molecule has 1 amide bonds. The Kier molecular flexibility index (Phi) is 6.54. The number of para-hydroxylation sites is 2. The number of benzene rings is 1. The third kappa shape index (κ3) is 5.13. The van der Waals surface area contributed by atoms with E-state index in [1.807, 2.05) is 0 Å². The second-order valence-corrected chi connectivity index (χ2v) is 6.79. The summed E-state index contributed by atoms with van der Waals surface area (Å²) in [4.78, 5) is 22.9. The summed E-state index contributed by atoms with van der Waals surface area (Å²) < 4.78 is 1.36. The van der Waals surface area contributed by atoms with Crippen molar-refractivity contribution in [3.05, 3.63) is 52.3 Å². The highest BCUT2D eigenvalue weighted by atomic mass is 16.6. The van der Waals surface area contributed by atoms with Gasteiger partial charge in [0.25, 0.3) is 11.6 Å². The zero-order valence-electron chi connectivity index (χ0n) is 15.3. The maximum Gasteiger partial charge on any atom is 0.294 e. The van der Waals surface area contributed by atoms with Gasteiger partial charge in [0.15, 0.2) is 5.69 Å². The van der Waals surface area contributed by atoms with Gasteiger partial charge in [-0.25, -0.2) is 4.68 Å². The van der Waals surface area contributed by atoms with Gasteiger partial charge in [-0.1, -0.05) is 37.8 Å². The molecule has 1 fully saturated rings. The van der Waals surface area contributed by atoms with E-state index in [1.54, 1.807) is 30.5 Å². The zero-order valence-corrected chi connectivity index (χ0v) is 15.3. The molecular formula is C19H25N5O3. The minimum Gasteiger partial charge on any atom is -0.349 e. The fourth-order valence-electron chi connectivity index (χ4n) is 3.42. The number of nitro benzene ring substituents is 1. The lowest BCUT2D eigenvalue weighted by Gasteiger charge is -2.16. The highest BCUT2D eigenvalue weighted by Crippen LogP contribution is 2.21. The number of rotatable bonds is 7. The fraction of sp³-hybridized carbons (Fsp3) is 0.474. The van der Waals surface area contributed by atoms with Crippen molar-refractivity contribution in [1.82, 2.24) is 20.4 Å². The molecule has 0 radical (unpaired) electrons. The summed E-state index contributed by atoms with van der Waals surface area (Å²) in [6.07, 6.45) is 9.14. The van der Waals surface area contributed by atoms with Crippen LogP contribution in [0.4, 0.5) is 5.69 Å². The molecule has 2 N–H and O–H groups in total. The molecular weight excluding hydrogens is 346 g/mol. The van der Waals surface area contributed by atoms with Gasteiger partial charge < -0.3 is 10.6 Å². The second kappa shape index (κ2) is 9.27. The second-order valence-electron chi connectivity index (χ2n) is 6.79. The van der Waals surface area contributed by atoms with Gasteiger partial charge in [-0.3, -0.25) is 14.9 Å². The van der Waals surface area contributed by atoms with Gasteiger partial charge in [0.05, 0.1) is 4.92 Å². The topological polar surface area (TPSA) is 102 Å². The lowest BCUT2D eigenvalue weighted by Crippen LogP contribution is -2.37. The van der Waals surface area contributed by atoms with E-state index in [9.17, 15) is 14.9 Å². The van der Waals surface area contributed by atoms with Crippen LogP contribution in [0, 0.1) is 10.1 Å². The van der Waals surface area contributed by atoms with Crippen LogP contribution in [0.3, 0.4) is 0 Å². The van der Waals surface area contributed by atoms with Crippen LogP contribution in [-0.4, -0.2) is 39.7 Å². The molecule has 1 aliphatic carbocycles. The van der Waals surface area contributed by atoms with Crippen molar-refractivity contribution in [3.63, 3.8) is 0 Å². The molecule has 144 valence electrons. The largest absolute Gasteiger partial charge is 0.349 e. The molecule has 0 spiro atoms. The van der Waals surface area contributed by atoms with E-state index in [-0.39, 0.29) is 17.3 Å². The van der Waals surface area contributed by atoms with Crippen molar-refractivity contribution in [2.24, 2.45) is 0 Å². The smallest absolute Gasteiger partial charge is 0.294 e. The first-order chi connectivity index (χ1) is 13.1. The van der Waals surface area contributed by atoms with Gasteiger partial charge in [-0.05, 0) is 25.0 Å². The summed E-state index contributed by atoms with van der Waals surface area (Å²) >= 11 is 0. The Morgan fingerprint density at radius 1 is 1.15 bits per heavy atom. The quantitative estimate of drug-likeness (QED) is 0.337. The van der Waals surface area contributed by atoms with Crippen molar-refractivity contribution in [2.45, 2.75) is 44.6 Å². The summed E-state index contributed by atoms with van der Waals surface area (Å²) in [6, 6.07) is 8.41. The maximum absolute atomic E-state index is 12.3. The van der Waals surface area contributed by atoms with Crippen LogP contribution < -0.4 is 10.6 Å². The number of carbonyl (C=O) groups is 1. The predicted octanol–water partition coefficient (Wildman–Crippen LogP) is 2.82. The number of amides is 1. The van der Waals surface area contributed by atoms with Crippen molar-refractivity contribution in [1.29, 1.82) is 0 Å². The summed E-state index contributed by atoms with van der Waals surface area (Å²) in [7, 11) is 0. The van der Waals surface area contributed by atoms with Crippen LogP contribution in [-0.2, 0) is 0 Å². The molecule has 0 bridgehead atoms. The van der Waals surface area contributed by atoms with Gasteiger partial charge in [0, 0.05) is 31.4 Å². The molecule has 0 unspecified atom stereocenters. The van der Waals surface area contributed by atoms with Gasteiger partial charge >= 0.3 is 0 Å². The molecule has 2 aromatic rings. The Morgan fingerprint density at radius 2 is 1.89 bits per heavy atom. The summed E-state index contributed by atoms with van der Waals surface area (Å²) in [5, 5.41) is 21.7. The molecule has 27 heavy (non-hydrogen) atoms. The monoisotopic (exact) mass is 371 g/mol. The van der Waals surface area contributed by atoms with E-state index in [4.69, 9.17) is 0 Å². The Balaban J connectivity index is 1.52. The molecule has 1 heterocycles. The molecule has 1 aliphatic rings. The molecule has 0 atom stereocenters. The van der Waals surface area contributed by atoms with Crippen molar-refractivity contribution in [3.8, 4) is 5.69 Å². The summed E-state index contributed by atoms with van der Waals surface area (Å²) in [5.41, 5.74) is 0.513. The van der Waals surface area contributed by atoms with E-state index < -0.39 is 4.92 Å². The molecule has 8 heteroatoms. The van der Waals surface area contributed by atoms with Crippen LogP contribution >= 0.6 is 0 Å². The number of hydrogen-bond acceptors (Lipinski definition) is 5. The van der Waals surface area contributed by atoms with Crippen molar-refractivity contribution < 1.29 is 9.72 Å². The molecule has 0 saturated heterocycles. The highest BCUT2D eigenvalue weighted by molar-refractivity contribution is 5.92. The standard InChI is InChI=1S/C19H25N5O3/c25-19(21-13-12-20-15-7-3-1-2-4-8-15)16-11-14-23(22-16)17-9-5-6-10-18(17)24(26)27/h5-6,9-11,14-15,20H,1-4,7-8,12-13H2,(H,21,25). The Hall–Kier alpha value is -2.74. The van der Waals surface area contributed by atoms with E-state index in [1.165, 1.54) is 49.3 Å². The maximum atomic E-state index is 12.3. The number of nitro groups is 1. The molecule has 1 saturated carbocycles. The fourth-order valence-corrected chi connectivity index (χ4v) is 3.42. The first-order valence-electron chi connectivity index (χ1n) is 9.46. The lowest BCUT2D eigenvalue weighted by molar-refractivity contribution is -0.384.